The number of amides is 1. The van der Waals surface area contributed by atoms with Crippen LogP contribution in [0.25, 0.3) is 0 Å². The SMILES string of the molecule is Cc1cc2n(c1)C(=O)N(CC[C@](C)(C(=O)OC(C)(C)C)S(C)(=O)=O)C2. The minimum atomic E-state index is -3.73. The van der Waals surface area contributed by atoms with E-state index in [9.17, 15) is 18.0 Å². The summed E-state index contributed by atoms with van der Waals surface area (Å²) in [5.41, 5.74) is 1.07. The van der Waals surface area contributed by atoms with Crippen molar-refractivity contribution in [3.05, 3.63) is 23.5 Å². The van der Waals surface area contributed by atoms with Crippen molar-refractivity contribution in [3.63, 3.8) is 0 Å². The summed E-state index contributed by atoms with van der Waals surface area (Å²) >= 11 is 0. The van der Waals surface area contributed by atoms with Gasteiger partial charge in [-0.05, 0) is 52.7 Å². The van der Waals surface area contributed by atoms with Crippen LogP contribution in [0.5, 0.6) is 0 Å². The molecule has 0 spiro atoms. The van der Waals surface area contributed by atoms with E-state index in [1.54, 1.807) is 36.4 Å². The van der Waals surface area contributed by atoms with Crippen molar-refractivity contribution in [1.29, 1.82) is 0 Å². The van der Waals surface area contributed by atoms with Crippen molar-refractivity contribution in [2.24, 2.45) is 0 Å². The van der Waals surface area contributed by atoms with E-state index >= 15 is 0 Å². The summed E-state index contributed by atoms with van der Waals surface area (Å²) in [5.74, 6) is -0.787. The van der Waals surface area contributed by atoms with E-state index in [1.807, 2.05) is 13.0 Å². The average molecular weight is 370 g/mol. The largest absolute Gasteiger partial charge is 0.459 e. The second-order valence-corrected chi connectivity index (χ2v) is 10.3. The van der Waals surface area contributed by atoms with Crippen LogP contribution in [0.15, 0.2) is 12.3 Å². The molecule has 1 aromatic rings. The minimum absolute atomic E-state index is 0.0176. The average Bonchev–Trinajstić information content (AvgIpc) is 2.91. The minimum Gasteiger partial charge on any atom is -0.459 e. The zero-order valence-electron chi connectivity index (χ0n) is 15.6. The molecule has 0 N–H and O–H groups in total. The molecule has 25 heavy (non-hydrogen) atoms. The van der Waals surface area contributed by atoms with Crippen LogP contribution in [-0.4, -0.2) is 53.0 Å². The fraction of sp³-hybridized carbons (Fsp3) is 0.647. The third kappa shape index (κ3) is 3.89. The first-order chi connectivity index (χ1) is 11.2. The third-order valence-electron chi connectivity index (χ3n) is 4.37. The molecule has 1 amide bonds. The third-order valence-corrected chi connectivity index (χ3v) is 6.38. The molecule has 0 aliphatic carbocycles. The zero-order valence-corrected chi connectivity index (χ0v) is 16.4. The zero-order chi connectivity index (χ0) is 19.2. The maximum absolute atomic E-state index is 12.5. The topological polar surface area (TPSA) is 85.7 Å². The van der Waals surface area contributed by atoms with Crippen molar-refractivity contribution < 1.29 is 22.7 Å². The first kappa shape index (κ1) is 19.5. The molecule has 0 saturated carbocycles. The molecule has 0 saturated heterocycles. The lowest BCUT2D eigenvalue weighted by Crippen LogP contribution is -2.49. The van der Waals surface area contributed by atoms with Crippen LogP contribution in [-0.2, 0) is 25.9 Å². The maximum Gasteiger partial charge on any atom is 0.328 e. The number of hydrogen-bond donors (Lipinski definition) is 0. The number of rotatable bonds is 5. The Kier molecular flexibility index (Phi) is 4.80. The van der Waals surface area contributed by atoms with Crippen LogP contribution in [0.4, 0.5) is 4.79 Å². The summed E-state index contributed by atoms with van der Waals surface area (Å²) in [5, 5.41) is 0. The Balaban J connectivity index is 2.16. The Labute approximate surface area is 148 Å². The van der Waals surface area contributed by atoms with Gasteiger partial charge >= 0.3 is 12.0 Å². The van der Waals surface area contributed by atoms with E-state index in [-0.39, 0.29) is 19.0 Å². The highest BCUT2D eigenvalue weighted by atomic mass is 32.2. The molecule has 0 aromatic carbocycles. The summed E-state index contributed by atoms with van der Waals surface area (Å²) in [6, 6.07) is 1.71. The van der Waals surface area contributed by atoms with Crippen molar-refractivity contribution in [1.82, 2.24) is 9.47 Å². The molecule has 1 aliphatic heterocycles. The molecule has 2 heterocycles. The summed E-state index contributed by atoms with van der Waals surface area (Å²) in [6.45, 7) is 8.89. The summed E-state index contributed by atoms with van der Waals surface area (Å²) in [7, 11) is -3.73. The highest BCUT2D eigenvalue weighted by Gasteiger charge is 2.47. The van der Waals surface area contributed by atoms with Crippen LogP contribution in [0.2, 0.25) is 0 Å². The van der Waals surface area contributed by atoms with Gasteiger partial charge in [0.2, 0.25) is 0 Å². The Morgan fingerprint density at radius 2 is 1.88 bits per heavy atom. The standard InChI is InChI=1S/C17H26N2O5S/c1-12-9-13-11-18(15(21)19(13)10-12)8-7-17(5,25(6,22)23)14(20)24-16(2,3)4/h9-10H,7-8,11H2,1-6H3/t17-/m1/s1. The van der Waals surface area contributed by atoms with Crippen molar-refractivity contribution >= 4 is 21.8 Å². The number of sulfone groups is 1. The van der Waals surface area contributed by atoms with Gasteiger partial charge < -0.3 is 9.64 Å². The number of aryl methyl sites for hydroxylation is 1. The van der Waals surface area contributed by atoms with Crippen LogP contribution < -0.4 is 0 Å². The van der Waals surface area contributed by atoms with Gasteiger partial charge in [-0.3, -0.25) is 9.36 Å². The number of hydrogen-bond acceptors (Lipinski definition) is 5. The number of aromatic nitrogens is 1. The molecule has 0 unspecified atom stereocenters. The monoisotopic (exact) mass is 370 g/mol. The highest BCUT2D eigenvalue weighted by Crippen LogP contribution is 2.28. The number of carbonyl (C=O) groups excluding carboxylic acids is 2. The van der Waals surface area contributed by atoms with Gasteiger partial charge in [0.1, 0.15) is 5.60 Å². The number of carbonyl (C=O) groups is 2. The fourth-order valence-corrected chi connectivity index (χ4v) is 3.53. The van der Waals surface area contributed by atoms with Gasteiger partial charge in [-0.25, -0.2) is 13.2 Å². The first-order valence-electron chi connectivity index (χ1n) is 8.15. The number of esters is 1. The molecule has 0 radical (unpaired) electrons. The summed E-state index contributed by atoms with van der Waals surface area (Å²) in [4.78, 5) is 26.5. The molecule has 8 heteroatoms. The van der Waals surface area contributed by atoms with Crippen LogP contribution >= 0.6 is 0 Å². The van der Waals surface area contributed by atoms with Crippen molar-refractivity contribution in [2.45, 2.75) is 57.9 Å². The van der Waals surface area contributed by atoms with Crippen LogP contribution in [0, 0.1) is 6.92 Å². The first-order valence-corrected chi connectivity index (χ1v) is 10.0. The van der Waals surface area contributed by atoms with Gasteiger partial charge in [0.15, 0.2) is 14.6 Å². The Hall–Kier alpha value is -1.83. The predicted molar refractivity (Wildman–Crippen MR) is 94.1 cm³/mol. The molecule has 7 nitrogen and oxygen atoms in total. The lowest BCUT2D eigenvalue weighted by Gasteiger charge is -2.31. The van der Waals surface area contributed by atoms with Gasteiger partial charge in [0.25, 0.3) is 0 Å². The molecular weight excluding hydrogens is 344 g/mol. The lowest BCUT2D eigenvalue weighted by molar-refractivity contribution is -0.157. The second kappa shape index (κ2) is 6.16. The quantitative estimate of drug-likeness (QED) is 0.741. The Bertz CT molecular complexity index is 803. The molecular formula is C17H26N2O5S. The summed E-state index contributed by atoms with van der Waals surface area (Å²) < 4.78 is 29.7. The molecule has 2 rings (SSSR count). The summed E-state index contributed by atoms with van der Waals surface area (Å²) in [6.07, 6.45) is 2.76. The number of nitrogens with zero attached hydrogens (tertiary/aromatic N) is 2. The van der Waals surface area contributed by atoms with Crippen molar-refractivity contribution in [3.8, 4) is 0 Å². The Morgan fingerprint density at radius 3 is 2.36 bits per heavy atom. The van der Waals surface area contributed by atoms with E-state index in [0.29, 0.717) is 6.54 Å². The van der Waals surface area contributed by atoms with Gasteiger partial charge in [-0.2, -0.15) is 0 Å². The number of ether oxygens (including phenoxy) is 1. The smallest absolute Gasteiger partial charge is 0.328 e. The molecule has 1 aliphatic rings. The highest BCUT2D eigenvalue weighted by molar-refractivity contribution is 7.92. The molecule has 1 aromatic heterocycles. The van der Waals surface area contributed by atoms with E-state index in [2.05, 4.69) is 0 Å². The molecule has 140 valence electrons. The lowest BCUT2D eigenvalue weighted by atomic mass is 10.1. The van der Waals surface area contributed by atoms with E-state index in [4.69, 9.17) is 4.74 Å². The van der Waals surface area contributed by atoms with Gasteiger partial charge in [0, 0.05) is 24.7 Å². The fourth-order valence-electron chi connectivity index (χ4n) is 2.72. The normalized spacial score (nSPS) is 17.4. The molecule has 0 bridgehead atoms. The van der Waals surface area contributed by atoms with Crippen molar-refractivity contribution in [2.75, 3.05) is 12.8 Å². The van der Waals surface area contributed by atoms with Gasteiger partial charge in [-0.1, -0.05) is 0 Å². The van der Waals surface area contributed by atoms with E-state index in [0.717, 1.165) is 17.5 Å². The maximum atomic E-state index is 12.5. The van der Waals surface area contributed by atoms with E-state index in [1.165, 1.54) is 6.92 Å². The Morgan fingerprint density at radius 1 is 1.28 bits per heavy atom. The number of fused-ring (bicyclic) bond motifs is 1. The second-order valence-electron chi connectivity index (χ2n) is 7.84. The van der Waals surface area contributed by atoms with Gasteiger partial charge in [-0.15, -0.1) is 0 Å². The predicted octanol–water partition coefficient (Wildman–Crippen LogP) is 2.12. The van der Waals surface area contributed by atoms with Gasteiger partial charge in [0.05, 0.1) is 6.54 Å². The molecule has 0 fully saturated rings. The van der Waals surface area contributed by atoms with E-state index < -0.39 is 26.2 Å². The van der Waals surface area contributed by atoms with Crippen LogP contribution in [0.3, 0.4) is 0 Å². The molecule has 1 atom stereocenters. The van der Waals surface area contributed by atoms with Crippen LogP contribution in [0.1, 0.15) is 45.4 Å².